The summed E-state index contributed by atoms with van der Waals surface area (Å²) in [6, 6.07) is 17.3. The van der Waals surface area contributed by atoms with E-state index >= 15 is 0 Å². The largest absolute Gasteiger partial charge is 0.340 e. The minimum atomic E-state index is -0.267. The zero-order valence-corrected chi connectivity index (χ0v) is 14.2. The summed E-state index contributed by atoms with van der Waals surface area (Å²) in [5.41, 5.74) is 3.78. The number of pyridine rings is 2. The molecule has 0 radical (unpaired) electrons. The SMILES string of the molecule is Cc1ccn2cc(C(=O)Nc3ccc(Nc4ccccc4)nc3)nc2c1. The summed E-state index contributed by atoms with van der Waals surface area (Å²) in [6.07, 6.45) is 5.21. The Bertz CT molecular complexity index is 1050. The maximum absolute atomic E-state index is 12.4. The van der Waals surface area contributed by atoms with E-state index in [2.05, 4.69) is 20.6 Å². The Balaban J connectivity index is 1.46. The standard InChI is InChI=1S/C20H17N5O/c1-14-9-10-25-13-17(24-19(25)11-14)20(26)23-16-7-8-18(21-12-16)22-15-5-3-2-4-6-15/h2-13H,1H3,(H,21,22)(H,23,26). The number of aromatic nitrogens is 3. The minimum Gasteiger partial charge on any atom is -0.340 e. The highest BCUT2D eigenvalue weighted by Crippen LogP contribution is 2.16. The molecule has 0 unspecified atom stereocenters. The Morgan fingerprint density at radius 2 is 1.88 bits per heavy atom. The molecule has 0 atom stereocenters. The first-order valence-electron chi connectivity index (χ1n) is 8.22. The molecule has 0 aliphatic heterocycles. The third kappa shape index (κ3) is 3.39. The van der Waals surface area contributed by atoms with Crippen molar-refractivity contribution in [3.8, 4) is 0 Å². The molecule has 2 N–H and O–H groups in total. The number of nitrogens with one attached hydrogen (secondary N) is 2. The second-order valence-electron chi connectivity index (χ2n) is 5.97. The van der Waals surface area contributed by atoms with Gasteiger partial charge in [-0.05, 0) is 48.9 Å². The van der Waals surface area contributed by atoms with E-state index in [1.807, 2.05) is 66.1 Å². The first-order chi connectivity index (χ1) is 12.7. The van der Waals surface area contributed by atoms with Gasteiger partial charge in [0.1, 0.15) is 17.2 Å². The van der Waals surface area contributed by atoms with Gasteiger partial charge in [0, 0.05) is 18.1 Å². The molecule has 6 nitrogen and oxygen atoms in total. The van der Waals surface area contributed by atoms with Crippen LogP contribution in [0.4, 0.5) is 17.2 Å². The lowest BCUT2D eigenvalue weighted by Crippen LogP contribution is -2.12. The molecule has 0 spiro atoms. The van der Waals surface area contributed by atoms with E-state index in [4.69, 9.17) is 0 Å². The highest BCUT2D eigenvalue weighted by atomic mass is 16.1. The Morgan fingerprint density at radius 1 is 1.04 bits per heavy atom. The van der Waals surface area contributed by atoms with Crippen LogP contribution >= 0.6 is 0 Å². The molecule has 0 bridgehead atoms. The molecule has 3 aromatic heterocycles. The van der Waals surface area contributed by atoms with E-state index in [1.54, 1.807) is 18.5 Å². The molecule has 0 fully saturated rings. The molecule has 6 heteroatoms. The summed E-state index contributed by atoms with van der Waals surface area (Å²) in [5.74, 6) is 0.439. The predicted octanol–water partition coefficient (Wildman–Crippen LogP) is 4.03. The Morgan fingerprint density at radius 3 is 2.65 bits per heavy atom. The molecule has 0 saturated heterocycles. The molecule has 0 aliphatic carbocycles. The monoisotopic (exact) mass is 343 g/mol. The second-order valence-corrected chi connectivity index (χ2v) is 5.97. The second kappa shape index (κ2) is 6.68. The van der Waals surface area contributed by atoms with Gasteiger partial charge >= 0.3 is 0 Å². The smallest absolute Gasteiger partial charge is 0.275 e. The van der Waals surface area contributed by atoms with Crippen molar-refractivity contribution in [3.63, 3.8) is 0 Å². The van der Waals surface area contributed by atoms with Crippen LogP contribution in [0.1, 0.15) is 16.1 Å². The summed E-state index contributed by atoms with van der Waals surface area (Å²) >= 11 is 0. The Labute approximate surface area is 150 Å². The van der Waals surface area contributed by atoms with Crippen molar-refractivity contribution in [1.82, 2.24) is 14.4 Å². The van der Waals surface area contributed by atoms with Crippen LogP contribution in [0.2, 0.25) is 0 Å². The fourth-order valence-corrected chi connectivity index (χ4v) is 2.60. The number of hydrogen-bond acceptors (Lipinski definition) is 4. The van der Waals surface area contributed by atoms with Gasteiger partial charge in [0.2, 0.25) is 0 Å². The normalized spacial score (nSPS) is 10.7. The van der Waals surface area contributed by atoms with Gasteiger partial charge in [-0.15, -0.1) is 0 Å². The topological polar surface area (TPSA) is 71.3 Å². The lowest BCUT2D eigenvalue weighted by atomic mass is 10.3. The van der Waals surface area contributed by atoms with Gasteiger partial charge < -0.3 is 15.0 Å². The van der Waals surface area contributed by atoms with Gasteiger partial charge in [-0.1, -0.05) is 18.2 Å². The first-order valence-corrected chi connectivity index (χ1v) is 8.22. The van der Waals surface area contributed by atoms with E-state index in [0.29, 0.717) is 17.2 Å². The fraction of sp³-hybridized carbons (Fsp3) is 0.0500. The number of rotatable bonds is 4. The number of nitrogens with zero attached hydrogens (tertiary/aromatic N) is 3. The third-order valence-corrected chi connectivity index (χ3v) is 3.92. The molecule has 0 aliphatic rings. The number of anilines is 3. The predicted molar refractivity (Wildman–Crippen MR) is 102 cm³/mol. The summed E-state index contributed by atoms with van der Waals surface area (Å²) < 4.78 is 1.83. The van der Waals surface area contributed by atoms with Gasteiger partial charge in [-0.3, -0.25) is 4.79 Å². The number of fused-ring (bicyclic) bond motifs is 1. The zero-order chi connectivity index (χ0) is 17.9. The summed E-state index contributed by atoms with van der Waals surface area (Å²) in [6.45, 7) is 1.99. The summed E-state index contributed by atoms with van der Waals surface area (Å²) in [7, 11) is 0. The quantitative estimate of drug-likeness (QED) is 0.587. The molecule has 4 rings (SSSR count). The lowest BCUT2D eigenvalue weighted by molar-refractivity contribution is 0.102. The number of para-hydroxylation sites is 1. The summed E-state index contributed by atoms with van der Waals surface area (Å²) in [4.78, 5) is 21.1. The number of benzene rings is 1. The van der Waals surface area contributed by atoms with Crippen LogP contribution in [0.3, 0.4) is 0 Å². The van der Waals surface area contributed by atoms with Crippen LogP contribution in [0.25, 0.3) is 5.65 Å². The van der Waals surface area contributed by atoms with E-state index in [9.17, 15) is 4.79 Å². The van der Waals surface area contributed by atoms with E-state index in [0.717, 1.165) is 16.9 Å². The molecule has 0 saturated carbocycles. The van der Waals surface area contributed by atoms with Crippen molar-refractivity contribution < 1.29 is 4.79 Å². The average Bonchev–Trinajstić information content (AvgIpc) is 3.07. The van der Waals surface area contributed by atoms with E-state index in [1.165, 1.54) is 0 Å². The lowest BCUT2D eigenvalue weighted by Gasteiger charge is -2.07. The number of amides is 1. The molecule has 4 aromatic rings. The zero-order valence-electron chi connectivity index (χ0n) is 14.2. The fourth-order valence-electron chi connectivity index (χ4n) is 2.60. The molecule has 128 valence electrons. The molecule has 1 amide bonds. The number of imidazole rings is 1. The van der Waals surface area contributed by atoms with E-state index in [-0.39, 0.29) is 5.91 Å². The molecule has 26 heavy (non-hydrogen) atoms. The minimum absolute atomic E-state index is 0.267. The maximum Gasteiger partial charge on any atom is 0.275 e. The van der Waals surface area contributed by atoms with Crippen LogP contribution in [0.15, 0.2) is 73.2 Å². The van der Waals surface area contributed by atoms with Crippen molar-refractivity contribution >= 4 is 28.7 Å². The van der Waals surface area contributed by atoms with Crippen LogP contribution in [-0.4, -0.2) is 20.3 Å². The number of carbonyl (C=O) groups excluding carboxylic acids is 1. The number of hydrogen-bond donors (Lipinski definition) is 2. The van der Waals surface area contributed by atoms with Gasteiger partial charge in [-0.2, -0.15) is 0 Å². The van der Waals surface area contributed by atoms with Crippen molar-refractivity contribution in [1.29, 1.82) is 0 Å². The molecule has 3 heterocycles. The average molecular weight is 343 g/mol. The Hall–Kier alpha value is -3.67. The van der Waals surface area contributed by atoms with Crippen molar-refractivity contribution in [2.24, 2.45) is 0 Å². The van der Waals surface area contributed by atoms with E-state index < -0.39 is 0 Å². The Kier molecular flexibility index (Phi) is 4.07. The number of aryl methyl sites for hydroxylation is 1. The van der Waals surface area contributed by atoms with Gasteiger partial charge in [0.15, 0.2) is 0 Å². The number of carbonyl (C=O) groups is 1. The molecule has 1 aromatic carbocycles. The summed E-state index contributed by atoms with van der Waals surface area (Å²) in [5, 5.41) is 6.02. The molecular formula is C20H17N5O. The van der Waals surface area contributed by atoms with Crippen LogP contribution in [-0.2, 0) is 0 Å². The third-order valence-electron chi connectivity index (χ3n) is 3.92. The van der Waals surface area contributed by atoms with Crippen molar-refractivity contribution in [2.45, 2.75) is 6.92 Å². The van der Waals surface area contributed by atoms with Crippen LogP contribution < -0.4 is 10.6 Å². The van der Waals surface area contributed by atoms with Gasteiger partial charge in [-0.25, -0.2) is 9.97 Å². The van der Waals surface area contributed by atoms with Gasteiger partial charge in [0.05, 0.1) is 11.9 Å². The molecular weight excluding hydrogens is 326 g/mol. The maximum atomic E-state index is 12.4. The van der Waals surface area contributed by atoms with Crippen molar-refractivity contribution in [3.05, 3.63) is 84.4 Å². The highest BCUT2D eigenvalue weighted by molar-refractivity contribution is 6.03. The van der Waals surface area contributed by atoms with Gasteiger partial charge in [0.25, 0.3) is 5.91 Å². The van der Waals surface area contributed by atoms with Crippen LogP contribution in [0.5, 0.6) is 0 Å². The van der Waals surface area contributed by atoms with Crippen LogP contribution in [0, 0.1) is 6.92 Å². The highest BCUT2D eigenvalue weighted by Gasteiger charge is 2.11. The first kappa shape index (κ1) is 15.8. The van der Waals surface area contributed by atoms with Crippen molar-refractivity contribution in [2.75, 3.05) is 10.6 Å².